The number of aromatic nitrogens is 1. The number of nitrogens with one attached hydrogen (secondary N) is 1. The van der Waals surface area contributed by atoms with Crippen molar-refractivity contribution in [3.8, 4) is 5.75 Å². The topological polar surface area (TPSA) is 45.9 Å². The summed E-state index contributed by atoms with van der Waals surface area (Å²) in [5, 5.41) is 0.346. The van der Waals surface area contributed by atoms with Crippen LogP contribution in [-0.4, -0.2) is 12.1 Å². The number of nitrogens with zero attached hydrogens (tertiary/aromatic N) is 1. The standard InChI is InChI=1S/C8H7N2OS/c1-11-5-2-3-6-7(4-5)12-8(9)10-6/h2-4,9H,1H3. The maximum Gasteiger partial charge on any atom is 0.202 e. The van der Waals surface area contributed by atoms with Gasteiger partial charge < -0.3 is 4.74 Å². The molecule has 61 valence electrons. The van der Waals surface area contributed by atoms with Crippen molar-refractivity contribution >= 4 is 26.7 Å². The van der Waals surface area contributed by atoms with Crippen LogP contribution < -0.4 is 10.5 Å². The second-order valence-electron chi connectivity index (χ2n) is 2.35. The highest BCUT2D eigenvalue weighted by molar-refractivity contribution is 7.21. The molecule has 1 heterocycles. The summed E-state index contributed by atoms with van der Waals surface area (Å²) in [6, 6.07) is 5.61. The largest absolute Gasteiger partial charge is 0.497 e. The van der Waals surface area contributed by atoms with Crippen molar-refractivity contribution in [1.29, 1.82) is 0 Å². The summed E-state index contributed by atoms with van der Waals surface area (Å²) in [7, 11) is 1.63. The van der Waals surface area contributed by atoms with E-state index in [-0.39, 0.29) is 0 Å². The Labute approximate surface area is 73.8 Å². The summed E-state index contributed by atoms with van der Waals surface area (Å²) in [6.07, 6.45) is 0. The lowest BCUT2D eigenvalue weighted by molar-refractivity contribution is 0.415. The summed E-state index contributed by atoms with van der Waals surface area (Å²) in [6.45, 7) is 0. The molecule has 0 spiro atoms. The fourth-order valence-corrected chi connectivity index (χ4v) is 1.78. The Hall–Kier alpha value is -1.29. The molecular formula is C8H7N2OS. The van der Waals surface area contributed by atoms with Crippen molar-refractivity contribution in [2.24, 2.45) is 0 Å². The molecule has 1 radical (unpaired) electrons. The molecule has 1 aromatic heterocycles. The molecule has 4 heteroatoms. The molecule has 0 fully saturated rings. The van der Waals surface area contributed by atoms with Crippen molar-refractivity contribution < 1.29 is 4.74 Å². The van der Waals surface area contributed by atoms with Crippen LogP contribution in [0.4, 0.5) is 5.13 Å². The van der Waals surface area contributed by atoms with E-state index in [1.54, 1.807) is 7.11 Å². The highest BCUT2D eigenvalue weighted by Gasteiger charge is 2.01. The predicted molar refractivity (Wildman–Crippen MR) is 48.9 cm³/mol. The first-order valence-electron chi connectivity index (χ1n) is 3.46. The number of fused-ring (bicyclic) bond motifs is 1. The van der Waals surface area contributed by atoms with Crippen LogP contribution in [0.15, 0.2) is 18.2 Å². The van der Waals surface area contributed by atoms with E-state index in [4.69, 9.17) is 10.5 Å². The van der Waals surface area contributed by atoms with Crippen molar-refractivity contribution in [2.45, 2.75) is 0 Å². The Morgan fingerprint density at radius 1 is 1.50 bits per heavy atom. The Kier molecular flexibility index (Phi) is 1.62. The lowest BCUT2D eigenvalue weighted by Gasteiger charge is -1.96. The van der Waals surface area contributed by atoms with E-state index < -0.39 is 0 Å². The van der Waals surface area contributed by atoms with Gasteiger partial charge in [-0.2, -0.15) is 0 Å². The molecule has 0 aliphatic heterocycles. The molecule has 3 nitrogen and oxygen atoms in total. The molecule has 1 aromatic carbocycles. The average molecular weight is 179 g/mol. The molecule has 12 heavy (non-hydrogen) atoms. The van der Waals surface area contributed by atoms with Crippen LogP contribution in [0.1, 0.15) is 0 Å². The van der Waals surface area contributed by atoms with Gasteiger partial charge in [0.15, 0.2) is 0 Å². The van der Waals surface area contributed by atoms with Crippen molar-refractivity contribution in [3.63, 3.8) is 0 Å². The van der Waals surface area contributed by atoms with Gasteiger partial charge in [-0.3, -0.25) is 5.73 Å². The maximum atomic E-state index is 7.32. The fraction of sp³-hybridized carbons (Fsp3) is 0.125. The predicted octanol–water partition coefficient (Wildman–Crippen LogP) is 2.22. The van der Waals surface area contributed by atoms with Gasteiger partial charge in [0.1, 0.15) is 5.75 Å². The zero-order chi connectivity index (χ0) is 8.55. The number of benzene rings is 1. The van der Waals surface area contributed by atoms with Crippen LogP contribution in [-0.2, 0) is 0 Å². The Bertz CT molecular complexity index is 410. The third-order valence-corrected chi connectivity index (χ3v) is 2.43. The summed E-state index contributed by atoms with van der Waals surface area (Å²) in [5.74, 6) is 0.811. The monoisotopic (exact) mass is 179 g/mol. The fourth-order valence-electron chi connectivity index (χ4n) is 1.03. The first-order chi connectivity index (χ1) is 5.79. The Morgan fingerprint density at radius 2 is 2.33 bits per heavy atom. The Balaban J connectivity index is 2.66. The van der Waals surface area contributed by atoms with E-state index in [0.717, 1.165) is 16.0 Å². The summed E-state index contributed by atoms with van der Waals surface area (Å²) in [4.78, 5) is 4.02. The van der Waals surface area contributed by atoms with Gasteiger partial charge in [0.05, 0.1) is 17.3 Å². The first-order valence-corrected chi connectivity index (χ1v) is 4.27. The second-order valence-corrected chi connectivity index (χ2v) is 3.38. The molecule has 0 bridgehead atoms. The smallest absolute Gasteiger partial charge is 0.202 e. The van der Waals surface area contributed by atoms with Crippen molar-refractivity contribution in [1.82, 2.24) is 10.7 Å². The molecule has 0 amide bonds. The summed E-state index contributed by atoms with van der Waals surface area (Å²) >= 11 is 1.36. The number of rotatable bonds is 1. The minimum absolute atomic E-state index is 0.346. The van der Waals surface area contributed by atoms with Crippen molar-refractivity contribution in [2.75, 3.05) is 7.11 Å². The lowest BCUT2D eigenvalue weighted by Crippen LogP contribution is -1.80. The zero-order valence-electron chi connectivity index (χ0n) is 6.50. The quantitative estimate of drug-likeness (QED) is 0.673. The van der Waals surface area contributed by atoms with E-state index in [1.165, 1.54) is 11.3 Å². The SMILES string of the molecule is COc1ccc2nc([NH])sc2c1. The van der Waals surface area contributed by atoms with E-state index in [9.17, 15) is 0 Å². The number of methoxy groups -OCH3 is 1. The van der Waals surface area contributed by atoms with E-state index in [1.807, 2.05) is 18.2 Å². The van der Waals surface area contributed by atoms with Crippen molar-refractivity contribution in [3.05, 3.63) is 18.2 Å². The average Bonchev–Trinajstić information content (AvgIpc) is 2.43. The van der Waals surface area contributed by atoms with Gasteiger partial charge in [-0.15, -0.1) is 0 Å². The normalized spacial score (nSPS) is 10.4. The maximum absolute atomic E-state index is 7.32. The third-order valence-electron chi connectivity index (χ3n) is 1.60. The highest BCUT2D eigenvalue weighted by atomic mass is 32.1. The molecule has 0 aliphatic rings. The van der Waals surface area contributed by atoms with Gasteiger partial charge >= 0.3 is 0 Å². The molecular weight excluding hydrogens is 172 g/mol. The van der Waals surface area contributed by atoms with E-state index in [2.05, 4.69) is 4.98 Å². The third kappa shape index (κ3) is 1.10. The van der Waals surface area contributed by atoms with Crippen LogP contribution in [0.5, 0.6) is 5.75 Å². The molecule has 1 N–H and O–H groups in total. The van der Waals surface area contributed by atoms with Gasteiger partial charge in [0.2, 0.25) is 5.13 Å². The van der Waals surface area contributed by atoms with E-state index >= 15 is 0 Å². The lowest BCUT2D eigenvalue weighted by atomic mass is 10.3. The van der Waals surface area contributed by atoms with Crippen LogP contribution in [0.25, 0.3) is 10.2 Å². The molecule has 0 atom stereocenters. The van der Waals surface area contributed by atoms with Gasteiger partial charge in [0, 0.05) is 0 Å². The minimum atomic E-state index is 0.346. The number of hydrogen-bond acceptors (Lipinski definition) is 3. The van der Waals surface area contributed by atoms with E-state index in [0.29, 0.717) is 5.13 Å². The zero-order valence-corrected chi connectivity index (χ0v) is 7.31. The molecule has 0 saturated heterocycles. The van der Waals surface area contributed by atoms with Crippen LogP contribution in [0, 0.1) is 0 Å². The molecule has 2 rings (SSSR count). The second kappa shape index (κ2) is 2.64. The van der Waals surface area contributed by atoms with Gasteiger partial charge in [0.25, 0.3) is 0 Å². The summed E-state index contributed by atoms with van der Waals surface area (Å²) < 4.78 is 6.05. The van der Waals surface area contributed by atoms with Gasteiger partial charge in [-0.05, 0) is 18.2 Å². The molecule has 0 aliphatic carbocycles. The van der Waals surface area contributed by atoms with Crippen LogP contribution >= 0.6 is 11.3 Å². The number of ether oxygens (including phenoxy) is 1. The molecule has 0 unspecified atom stereocenters. The Morgan fingerprint density at radius 3 is 3.08 bits per heavy atom. The van der Waals surface area contributed by atoms with Crippen LogP contribution in [0.3, 0.4) is 0 Å². The molecule has 0 saturated carbocycles. The first kappa shape index (κ1) is 7.36. The summed E-state index contributed by atoms with van der Waals surface area (Å²) in [5.41, 5.74) is 8.18. The number of hydrogen-bond donors (Lipinski definition) is 0. The number of thiazole rings is 1. The van der Waals surface area contributed by atoms with Crippen LogP contribution in [0.2, 0.25) is 0 Å². The minimum Gasteiger partial charge on any atom is -0.497 e. The highest BCUT2D eigenvalue weighted by Crippen LogP contribution is 2.27. The van der Waals surface area contributed by atoms with Gasteiger partial charge in [-0.25, -0.2) is 4.98 Å². The molecule has 2 aromatic rings. The van der Waals surface area contributed by atoms with Gasteiger partial charge in [-0.1, -0.05) is 11.3 Å².